The van der Waals surface area contributed by atoms with Crippen molar-refractivity contribution in [2.45, 2.75) is 13.5 Å². The maximum Gasteiger partial charge on any atom is 0.293 e. The molecule has 0 aromatic heterocycles. The van der Waals surface area contributed by atoms with Crippen LogP contribution < -0.4 is 4.74 Å². The molecule has 1 aliphatic rings. The van der Waals surface area contributed by atoms with Crippen molar-refractivity contribution in [3.63, 3.8) is 0 Å². The summed E-state index contributed by atoms with van der Waals surface area (Å²) in [7, 11) is 1.61. The minimum absolute atomic E-state index is 0.251. The molecule has 0 atom stereocenters. The van der Waals surface area contributed by atoms with Crippen LogP contribution in [0.1, 0.15) is 16.7 Å². The van der Waals surface area contributed by atoms with Crippen molar-refractivity contribution in [3.05, 3.63) is 68.5 Å². The zero-order valence-corrected chi connectivity index (χ0v) is 16.2. The van der Waals surface area contributed by atoms with E-state index in [0.717, 1.165) is 38.7 Å². The Hall–Kier alpha value is -2.05. The predicted octanol–water partition coefficient (Wildman–Crippen LogP) is 5.00. The van der Waals surface area contributed by atoms with Gasteiger partial charge in [0.2, 0.25) is 0 Å². The van der Waals surface area contributed by atoms with E-state index in [1.54, 1.807) is 13.2 Å². The number of carbonyl (C=O) groups excluding carboxylic acids is 2. The lowest BCUT2D eigenvalue weighted by Gasteiger charge is -2.13. The number of imide groups is 1. The molecule has 1 fully saturated rings. The van der Waals surface area contributed by atoms with Gasteiger partial charge in [0.1, 0.15) is 5.75 Å². The van der Waals surface area contributed by atoms with Gasteiger partial charge in [0.25, 0.3) is 11.1 Å². The van der Waals surface area contributed by atoms with Crippen molar-refractivity contribution < 1.29 is 14.3 Å². The van der Waals surface area contributed by atoms with E-state index in [1.807, 2.05) is 49.4 Å². The fraction of sp³-hybridized carbons (Fsp3) is 0.158. The number of nitrogens with zero attached hydrogens (tertiary/aromatic N) is 1. The lowest BCUT2D eigenvalue weighted by molar-refractivity contribution is -0.123. The Bertz CT molecular complexity index is 879. The number of carbonyl (C=O) groups is 2. The summed E-state index contributed by atoms with van der Waals surface area (Å²) < 4.78 is 6.18. The number of halogens is 1. The van der Waals surface area contributed by atoms with Crippen LogP contribution in [0.3, 0.4) is 0 Å². The Morgan fingerprint density at radius 2 is 1.96 bits per heavy atom. The van der Waals surface area contributed by atoms with Gasteiger partial charge in [0.15, 0.2) is 0 Å². The minimum atomic E-state index is -0.273. The molecule has 128 valence electrons. The maximum atomic E-state index is 12.6. The number of rotatable bonds is 4. The molecule has 2 aromatic carbocycles. The average molecular weight is 418 g/mol. The van der Waals surface area contributed by atoms with Crippen molar-refractivity contribution in [2.24, 2.45) is 0 Å². The highest BCUT2D eigenvalue weighted by atomic mass is 79.9. The standard InChI is InChI=1S/C19H16BrNO3S/c1-12-7-8-13(9-16(12)24-2)10-17-18(22)21(19(23)25-17)11-14-5-3-4-6-15(14)20/h3-10H,11H2,1-2H3/b17-10-. The van der Waals surface area contributed by atoms with Gasteiger partial charge in [0, 0.05) is 4.47 Å². The summed E-state index contributed by atoms with van der Waals surface area (Å²) in [5, 5.41) is -0.258. The van der Waals surface area contributed by atoms with Crippen LogP contribution in [0.2, 0.25) is 0 Å². The normalized spacial score (nSPS) is 16.0. The SMILES string of the molecule is COc1cc(/C=C2\SC(=O)N(Cc3ccccc3Br)C2=O)ccc1C. The Kier molecular flexibility index (Phi) is 5.30. The number of aryl methyl sites for hydroxylation is 1. The lowest BCUT2D eigenvalue weighted by Crippen LogP contribution is -2.27. The molecule has 0 radical (unpaired) electrons. The maximum absolute atomic E-state index is 12.6. The molecule has 4 nitrogen and oxygen atoms in total. The number of hydrogen-bond acceptors (Lipinski definition) is 4. The minimum Gasteiger partial charge on any atom is -0.496 e. The zero-order chi connectivity index (χ0) is 18.0. The Morgan fingerprint density at radius 3 is 2.68 bits per heavy atom. The predicted molar refractivity (Wildman–Crippen MR) is 103 cm³/mol. The van der Waals surface area contributed by atoms with Crippen molar-refractivity contribution >= 4 is 44.9 Å². The first kappa shape index (κ1) is 17.8. The van der Waals surface area contributed by atoms with E-state index in [9.17, 15) is 9.59 Å². The second kappa shape index (κ2) is 7.45. The van der Waals surface area contributed by atoms with E-state index >= 15 is 0 Å². The van der Waals surface area contributed by atoms with Gasteiger partial charge in [-0.15, -0.1) is 0 Å². The van der Waals surface area contributed by atoms with E-state index in [4.69, 9.17) is 4.74 Å². The fourth-order valence-electron chi connectivity index (χ4n) is 2.51. The number of ether oxygens (including phenoxy) is 1. The third kappa shape index (κ3) is 3.80. The van der Waals surface area contributed by atoms with Crippen molar-refractivity contribution in [1.29, 1.82) is 0 Å². The Balaban J connectivity index is 1.85. The highest BCUT2D eigenvalue weighted by Gasteiger charge is 2.35. The van der Waals surface area contributed by atoms with Crippen LogP contribution in [0.15, 0.2) is 51.8 Å². The first-order chi connectivity index (χ1) is 12.0. The van der Waals surface area contributed by atoms with E-state index in [1.165, 1.54) is 4.90 Å². The molecule has 0 saturated carbocycles. The molecule has 6 heteroatoms. The molecule has 3 rings (SSSR count). The zero-order valence-electron chi connectivity index (χ0n) is 13.8. The van der Waals surface area contributed by atoms with Gasteiger partial charge in [0.05, 0.1) is 18.6 Å². The second-order valence-corrected chi connectivity index (χ2v) is 7.44. The van der Waals surface area contributed by atoms with Gasteiger partial charge in [-0.2, -0.15) is 0 Å². The van der Waals surface area contributed by atoms with E-state index < -0.39 is 0 Å². The van der Waals surface area contributed by atoms with Gasteiger partial charge in [-0.3, -0.25) is 14.5 Å². The van der Waals surface area contributed by atoms with Gasteiger partial charge in [-0.05, 0) is 53.6 Å². The van der Waals surface area contributed by atoms with Crippen LogP contribution in [0.4, 0.5) is 4.79 Å². The summed E-state index contributed by atoms with van der Waals surface area (Å²) in [6.07, 6.45) is 1.73. The summed E-state index contributed by atoms with van der Waals surface area (Å²) in [5.74, 6) is 0.478. The molecule has 0 aliphatic carbocycles. The molecular formula is C19H16BrNO3S. The molecule has 2 amide bonds. The first-order valence-electron chi connectivity index (χ1n) is 7.63. The molecule has 1 aliphatic heterocycles. The molecule has 1 saturated heterocycles. The highest BCUT2D eigenvalue weighted by molar-refractivity contribution is 9.10. The van der Waals surface area contributed by atoms with Gasteiger partial charge in [-0.1, -0.05) is 46.3 Å². The van der Waals surface area contributed by atoms with Crippen molar-refractivity contribution in [2.75, 3.05) is 7.11 Å². The van der Waals surface area contributed by atoms with E-state index in [2.05, 4.69) is 15.9 Å². The van der Waals surface area contributed by atoms with E-state index in [0.29, 0.717) is 4.91 Å². The third-order valence-corrected chi connectivity index (χ3v) is 5.57. The molecule has 0 bridgehead atoms. The summed E-state index contributed by atoms with van der Waals surface area (Å²) >= 11 is 4.41. The molecule has 1 heterocycles. The summed E-state index contributed by atoms with van der Waals surface area (Å²) in [6.45, 7) is 2.20. The van der Waals surface area contributed by atoms with E-state index in [-0.39, 0.29) is 17.7 Å². The van der Waals surface area contributed by atoms with Crippen LogP contribution in [0.25, 0.3) is 6.08 Å². The monoisotopic (exact) mass is 417 g/mol. The van der Waals surface area contributed by atoms with Crippen molar-refractivity contribution in [3.8, 4) is 5.75 Å². The van der Waals surface area contributed by atoms with Crippen LogP contribution in [0.5, 0.6) is 5.75 Å². The molecule has 2 aromatic rings. The first-order valence-corrected chi connectivity index (χ1v) is 9.24. The summed E-state index contributed by atoms with van der Waals surface area (Å²) in [5.41, 5.74) is 2.73. The number of methoxy groups -OCH3 is 1. The molecule has 0 N–H and O–H groups in total. The summed E-state index contributed by atoms with van der Waals surface area (Å²) in [6, 6.07) is 13.2. The number of hydrogen-bond donors (Lipinski definition) is 0. The van der Waals surface area contributed by atoms with Crippen LogP contribution in [-0.2, 0) is 11.3 Å². The third-order valence-electron chi connectivity index (χ3n) is 3.89. The quantitative estimate of drug-likeness (QED) is 0.656. The topological polar surface area (TPSA) is 46.6 Å². The average Bonchev–Trinajstić information content (AvgIpc) is 2.86. The van der Waals surface area contributed by atoms with Crippen LogP contribution in [-0.4, -0.2) is 23.2 Å². The van der Waals surface area contributed by atoms with Gasteiger partial charge in [-0.25, -0.2) is 0 Å². The van der Waals surface area contributed by atoms with Crippen LogP contribution in [0, 0.1) is 6.92 Å². The van der Waals surface area contributed by atoms with Crippen molar-refractivity contribution in [1.82, 2.24) is 4.90 Å². The number of amides is 2. The van der Waals surface area contributed by atoms with Crippen LogP contribution >= 0.6 is 27.7 Å². The molecular weight excluding hydrogens is 402 g/mol. The second-order valence-electron chi connectivity index (χ2n) is 5.59. The number of benzene rings is 2. The largest absolute Gasteiger partial charge is 0.496 e. The fourth-order valence-corrected chi connectivity index (χ4v) is 3.76. The van der Waals surface area contributed by atoms with Gasteiger partial charge < -0.3 is 4.74 Å². The highest BCUT2D eigenvalue weighted by Crippen LogP contribution is 2.34. The van der Waals surface area contributed by atoms with Gasteiger partial charge >= 0.3 is 0 Å². The smallest absolute Gasteiger partial charge is 0.293 e. The lowest BCUT2D eigenvalue weighted by atomic mass is 10.1. The number of thioether (sulfide) groups is 1. The summed E-state index contributed by atoms with van der Waals surface area (Å²) in [4.78, 5) is 26.6. The molecule has 0 spiro atoms. The molecule has 0 unspecified atom stereocenters. The Morgan fingerprint density at radius 1 is 1.20 bits per heavy atom. The Labute approximate surface area is 159 Å². The molecule has 25 heavy (non-hydrogen) atoms.